The number of aromatic nitrogens is 1. The summed E-state index contributed by atoms with van der Waals surface area (Å²) in [6.07, 6.45) is 0. The summed E-state index contributed by atoms with van der Waals surface area (Å²) in [5.41, 5.74) is 16.4. The molecule has 0 spiro atoms. The van der Waals surface area contributed by atoms with E-state index < -0.39 is 0 Å². The number of rotatable bonds is 8. The molecule has 0 saturated carbocycles. The summed E-state index contributed by atoms with van der Waals surface area (Å²) in [7, 11) is 0. The van der Waals surface area contributed by atoms with Gasteiger partial charge in [-0.15, -0.1) is 0 Å². The molecule has 0 saturated heterocycles. The second-order valence-corrected chi connectivity index (χ2v) is 15.4. The van der Waals surface area contributed by atoms with Crippen LogP contribution in [0, 0.1) is 0 Å². The molecule has 11 aromatic rings. The van der Waals surface area contributed by atoms with Crippen LogP contribution in [0.3, 0.4) is 0 Å². The molecule has 0 fully saturated rings. The molecular formula is C58H40N2. The smallest absolute Gasteiger partial charge is 0.0619 e. The number of anilines is 3. The summed E-state index contributed by atoms with van der Waals surface area (Å²) in [4.78, 5) is 2.34. The fraction of sp³-hybridized carbons (Fsp3) is 0. The van der Waals surface area contributed by atoms with E-state index in [1.54, 1.807) is 0 Å². The predicted octanol–water partition coefficient (Wildman–Crippen LogP) is 16.1. The highest BCUT2D eigenvalue weighted by atomic mass is 15.1. The molecule has 0 atom stereocenters. The van der Waals surface area contributed by atoms with E-state index in [-0.39, 0.29) is 0 Å². The Kier molecular flexibility index (Phi) is 8.87. The van der Waals surface area contributed by atoms with E-state index in [4.69, 9.17) is 0 Å². The van der Waals surface area contributed by atoms with Gasteiger partial charge in [0.05, 0.1) is 11.0 Å². The fourth-order valence-electron chi connectivity index (χ4n) is 8.82. The van der Waals surface area contributed by atoms with Crippen LogP contribution in [0.5, 0.6) is 0 Å². The van der Waals surface area contributed by atoms with E-state index in [1.807, 2.05) is 0 Å². The molecule has 10 aromatic carbocycles. The summed E-state index contributed by atoms with van der Waals surface area (Å²) < 4.78 is 2.45. The standard InChI is InChI=1S/C58H40N2/c1-3-13-41(14-4-1)44-27-33-50(34-28-44)59(51-35-29-45(30-36-51)42-15-5-2-6-16-42)52-37-31-46(32-38-52)48-19-11-20-53(40-48)60-57-24-10-9-21-55(57)56-23-12-22-54(58(56)60)49-26-25-43-17-7-8-18-47(43)39-49/h1-40H. The first kappa shape index (κ1) is 35.2. The van der Waals surface area contributed by atoms with Crippen molar-refractivity contribution in [3.05, 3.63) is 243 Å². The van der Waals surface area contributed by atoms with E-state index in [0.717, 1.165) is 28.3 Å². The summed E-state index contributed by atoms with van der Waals surface area (Å²) in [5.74, 6) is 0. The second-order valence-electron chi connectivity index (χ2n) is 15.4. The van der Waals surface area contributed by atoms with Gasteiger partial charge >= 0.3 is 0 Å². The summed E-state index contributed by atoms with van der Waals surface area (Å²) in [6, 6.07) is 87.8. The zero-order chi connectivity index (χ0) is 39.8. The van der Waals surface area contributed by atoms with Crippen LogP contribution in [0.15, 0.2) is 243 Å². The van der Waals surface area contributed by atoms with Crippen LogP contribution in [-0.2, 0) is 0 Å². The zero-order valence-electron chi connectivity index (χ0n) is 33.0. The van der Waals surface area contributed by atoms with Crippen LogP contribution in [-0.4, -0.2) is 4.57 Å². The maximum atomic E-state index is 2.45. The van der Waals surface area contributed by atoms with Crippen molar-refractivity contribution in [2.75, 3.05) is 4.90 Å². The van der Waals surface area contributed by atoms with Gasteiger partial charge in [-0.25, -0.2) is 0 Å². The van der Waals surface area contributed by atoms with Crippen molar-refractivity contribution in [1.29, 1.82) is 0 Å². The van der Waals surface area contributed by atoms with E-state index in [2.05, 4.69) is 252 Å². The maximum Gasteiger partial charge on any atom is 0.0619 e. The Morgan fingerprint density at radius 3 is 1.38 bits per heavy atom. The third-order valence-corrected chi connectivity index (χ3v) is 11.8. The fourth-order valence-corrected chi connectivity index (χ4v) is 8.82. The van der Waals surface area contributed by atoms with Crippen LogP contribution >= 0.6 is 0 Å². The Labute approximate surface area is 350 Å². The van der Waals surface area contributed by atoms with Gasteiger partial charge in [0.25, 0.3) is 0 Å². The lowest BCUT2D eigenvalue weighted by atomic mass is 9.99. The van der Waals surface area contributed by atoms with Gasteiger partial charge in [-0.05, 0) is 110 Å². The van der Waals surface area contributed by atoms with Crippen LogP contribution in [0.2, 0.25) is 0 Å². The molecular weight excluding hydrogens is 725 g/mol. The largest absolute Gasteiger partial charge is 0.311 e. The first-order valence-corrected chi connectivity index (χ1v) is 20.6. The molecule has 0 bridgehead atoms. The highest BCUT2D eigenvalue weighted by Gasteiger charge is 2.18. The monoisotopic (exact) mass is 764 g/mol. The van der Waals surface area contributed by atoms with Gasteiger partial charge in [-0.1, -0.05) is 182 Å². The molecule has 2 nitrogen and oxygen atoms in total. The number of hydrogen-bond acceptors (Lipinski definition) is 1. The average Bonchev–Trinajstić information content (AvgIpc) is 3.67. The lowest BCUT2D eigenvalue weighted by Crippen LogP contribution is -2.09. The molecule has 0 amide bonds. The van der Waals surface area contributed by atoms with Gasteiger partial charge in [-0.2, -0.15) is 0 Å². The van der Waals surface area contributed by atoms with Gasteiger partial charge in [-0.3, -0.25) is 0 Å². The van der Waals surface area contributed by atoms with E-state index in [9.17, 15) is 0 Å². The molecule has 0 aliphatic heterocycles. The normalized spacial score (nSPS) is 11.3. The third-order valence-electron chi connectivity index (χ3n) is 11.8. The molecule has 11 rings (SSSR count). The van der Waals surface area contributed by atoms with Crippen molar-refractivity contribution >= 4 is 49.6 Å². The van der Waals surface area contributed by atoms with Crippen molar-refractivity contribution < 1.29 is 0 Å². The second kappa shape index (κ2) is 15.1. The molecule has 0 radical (unpaired) electrons. The molecule has 60 heavy (non-hydrogen) atoms. The number of para-hydroxylation sites is 2. The van der Waals surface area contributed by atoms with Crippen molar-refractivity contribution in [1.82, 2.24) is 4.57 Å². The van der Waals surface area contributed by atoms with Gasteiger partial charge in [0.1, 0.15) is 0 Å². The third kappa shape index (κ3) is 6.41. The maximum absolute atomic E-state index is 2.45. The Balaban J connectivity index is 0.988. The van der Waals surface area contributed by atoms with E-state index in [0.29, 0.717) is 0 Å². The van der Waals surface area contributed by atoms with Crippen molar-refractivity contribution in [3.8, 4) is 50.2 Å². The number of benzene rings is 10. The van der Waals surface area contributed by atoms with Gasteiger partial charge in [0.15, 0.2) is 0 Å². The quantitative estimate of drug-likeness (QED) is 0.150. The van der Waals surface area contributed by atoms with Crippen LogP contribution in [0.4, 0.5) is 17.1 Å². The van der Waals surface area contributed by atoms with Gasteiger partial charge in [0.2, 0.25) is 0 Å². The summed E-state index contributed by atoms with van der Waals surface area (Å²) >= 11 is 0. The van der Waals surface area contributed by atoms with Crippen LogP contribution < -0.4 is 4.90 Å². The van der Waals surface area contributed by atoms with Crippen molar-refractivity contribution in [3.63, 3.8) is 0 Å². The van der Waals surface area contributed by atoms with E-state index >= 15 is 0 Å². The Morgan fingerprint density at radius 1 is 0.283 bits per heavy atom. The average molecular weight is 765 g/mol. The molecule has 0 aliphatic rings. The van der Waals surface area contributed by atoms with Gasteiger partial charge < -0.3 is 9.47 Å². The Hall–Kier alpha value is -7.94. The lowest BCUT2D eigenvalue weighted by molar-refractivity contribution is 1.18. The van der Waals surface area contributed by atoms with Crippen molar-refractivity contribution in [2.45, 2.75) is 0 Å². The molecule has 0 N–H and O–H groups in total. The minimum absolute atomic E-state index is 1.09. The number of hydrogen-bond donors (Lipinski definition) is 0. The molecule has 1 heterocycles. The highest BCUT2D eigenvalue weighted by molar-refractivity contribution is 6.14. The molecule has 0 unspecified atom stereocenters. The van der Waals surface area contributed by atoms with Gasteiger partial charge in [0, 0.05) is 39.1 Å². The molecule has 2 heteroatoms. The summed E-state index contributed by atoms with van der Waals surface area (Å²) in [5, 5.41) is 4.99. The SMILES string of the molecule is c1ccc(-c2ccc(N(c3ccc(-c4ccccc4)cc3)c3ccc(-c4cccc(-n5c6ccccc6c6cccc(-c7ccc8ccccc8c7)c65)c4)cc3)cc2)cc1. The highest BCUT2D eigenvalue weighted by Crippen LogP contribution is 2.41. The number of fused-ring (bicyclic) bond motifs is 4. The molecule has 1 aromatic heterocycles. The van der Waals surface area contributed by atoms with Crippen LogP contribution in [0.25, 0.3) is 82.8 Å². The van der Waals surface area contributed by atoms with Crippen LogP contribution in [0.1, 0.15) is 0 Å². The Bertz CT molecular complexity index is 3190. The number of nitrogens with zero attached hydrogens (tertiary/aromatic N) is 2. The first-order chi connectivity index (χ1) is 29.7. The topological polar surface area (TPSA) is 8.17 Å². The minimum atomic E-state index is 1.09. The first-order valence-electron chi connectivity index (χ1n) is 20.6. The minimum Gasteiger partial charge on any atom is -0.311 e. The molecule has 0 aliphatic carbocycles. The van der Waals surface area contributed by atoms with E-state index in [1.165, 1.54) is 71.5 Å². The molecule has 282 valence electrons. The zero-order valence-corrected chi connectivity index (χ0v) is 33.0. The summed E-state index contributed by atoms with van der Waals surface area (Å²) in [6.45, 7) is 0. The Morgan fingerprint density at radius 2 is 0.750 bits per heavy atom. The predicted molar refractivity (Wildman–Crippen MR) is 255 cm³/mol. The lowest BCUT2D eigenvalue weighted by Gasteiger charge is -2.26. The van der Waals surface area contributed by atoms with Crippen molar-refractivity contribution in [2.24, 2.45) is 0 Å².